The summed E-state index contributed by atoms with van der Waals surface area (Å²) < 4.78 is 2.35. The summed E-state index contributed by atoms with van der Waals surface area (Å²) in [6.07, 6.45) is 3.19. The Morgan fingerprint density at radius 1 is 0.935 bits per heavy atom. The minimum absolute atomic E-state index is 0.0681. The molecule has 5 nitrogen and oxygen atoms in total. The number of piperidine rings is 2. The van der Waals surface area contributed by atoms with Gasteiger partial charge in [0.15, 0.2) is 0 Å². The van der Waals surface area contributed by atoms with E-state index >= 15 is 0 Å². The Morgan fingerprint density at radius 3 is 2.48 bits per heavy atom. The summed E-state index contributed by atoms with van der Waals surface area (Å²) >= 11 is 0. The van der Waals surface area contributed by atoms with Crippen molar-refractivity contribution in [2.24, 2.45) is 5.92 Å². The molecule has 2 aliphatic heterocycles. The molecule has 0 bridgehead atoms. The summed E-state index contributed by atoms with van der Waals surface area (Å²) in [6.45, 7) is 4.07. The summed E-state index contributed by atoms with van der Waals surface area (Å²) in [7, 11) is 0. The molecular formula is C26H31N3O2. The van der Waals surface area contributed by atoms with Crippen LogP contribution in [-0.2, 0) is 11.3 Å². The number of benzene rings is 2. The average molecular weight is 418 g/mol. The zero-order chi connectivity index (χ0) is 21.2. The molecule has 2 fully saturated rings. The van der Waals surface area contributed by atoms with Gasteiger partial charge < -0.3 is 14.6 Å². The number of likely N-dealkylation sites (tertiary alicyclic amines) is 2. The van der Waals surface area contributed by atoms with E-state index in [1.54, 1.807) is 0 Å². The molecule has 2 saturated heterocycles. The van der Waals surface area contributed by atoms with Crippen LogP contribution in [-0.4, -0.2) is 57.7 Å². The second-order valence-corrected chi connectivity index (χ2v) is 9.00. The molecular weight excluding hydrogens is 386 g/mol. The van der Waals surface area contributed by atoms with Gasteiger partial charge in [0.2, 0.25) is 5.91 Å². The number of aliphatic hydroxyl groups excluding tert-OH is 1. The summed E-state index contributed by atoms with van der Waals surface area (Å²) in [5.41, 5.74) is 3.66. The van der Waals surface area contributed by atoms with Crippen LogP contribution in [0.3, 0.4) is 0 Å². The van der Waals surface area contributed by atoms with Gasteiger partial charge in [0.25, 0.3) is 0 Å². The van der Waals surface area contributed by atoms with Crippen LogP contribution in [0.1, 0.15) is 31.4 Å². The Kier molecular flexibility index (Phi) is 5.79. The molecule has 162 valence electrons. The zero-order valence-electron chi connectivity index (χ0n) is 18.0. The number of carbonyl (C=O) groups is 1. The third kappa shape index (κ3) is 4.25. The number of hydrogen-bond donors (Lipinski definition) is 1. The van der Waals surface area contributed by atoms with E-state index < -0.39 is 0 Å². The molecule has 1 aromatic heterocycles. The van der Waals surface area contributed by atoms with Crippen molar-refractivity contribution in [3.05, 3.63) is 66.4 Å². The number of para-hydroxylation sites is 2. The van der Waals surface area contributed by atoms with Crippen molar-refractivity contribution in [2.45, 2.75) is 38.3 Å². The third-order valence-electron chi connectivity index (χ3n) is 6.82. The maximum atomic E-state index is 13.1. The average Bonchev–Trinajstić information content (AvgIpc) is 3.17. The topological polar surface area (TPSA) is 48.7 Å². The predicted octanol–water partition coefficient (Wildman–Crippen LogP) is 3.83. The Bertz CT molecular complexity index is 1040. The molecule has 0 saturated carbocycles. The molecule has 1 unspecified atom stereocenters. The third-order valence-corrected chi connectivity index (χ3v) is 6.82. The Balaban J connectivity index is 1.36. The van der Waals surface area contributed by atoms with Gasteiger partial charge in [-0.2, -0.15) is 0 Å². The number of hydrogen-bond acceptors (Lipinski definition) is 3. The number of amides is 1. The molecule has 0 radical (unpaired) electrons. The molecule has 0 aliphatic carbocycles. The van der Waals surface area contributed by atoms with Crippen molar-refractivity contribution < 1.29 is 9.90 Å². The molecule has 5 rings (SSSR count). The summed E-state index contributed by atoms with van der Waals surface area (Å²) in [5, 5.41) is 11.0. The lowest BCUT2D eigenvalue weighted by atomic mass is 9.95. The monoisotopic (exact) mass is 417 g/mol. The van der Waals surface area contributed by atoms with Crippen molar-refractivity contribution in [1.82, 2.24) is 14.4 Å². The van der Waals surface area contributed by atoms with Gasteiger partial charge in [0, 0.05) is 42.9 Å². The van der Waals surface area contributed by atoms with Gasteiger partial charge in [-0.05, 0) is 56.5 Å². The fourth-order valence-electron chi connectivity index (χ4n) is 5.18. The van der Waals surface area contributed by atoms with E-state index in [0.29, 0.717) is 25.9 Å². The van der Waals surface area contributed by atoms with Crippen LogP contribution in [0.25, 0.3) is 16.6 Å². The molecule has 1 N–H and O–H groups in total. The largest absolute Gasteiger partial charge is 0.393 e. The van der Waals surface area contributed by atoms with Crippen LogP contribution in [0.4, 0.5) is 0 Å². The highest BCUT2D eigenvalue weighted by molar-refractivity contribution is 5.83. The lowest BCUT2D eigenvalue weighted by Gasteiger charge is -2.37. The normalized spacial score (nSPS) is 20.9. The fourth-order valence-corrected chi connectivity index (χ4v) is 5.18. The Labute approximate surface area is 183 Å². The molecule has 2 aliphatic rings. The van der Waals surface area contributed by atoms with Gasteiger partial charge in [0.05, 0.1) is 17.5 Å². The molecule has 0 spiro atoms. The van der Waals surface area contributed by atoms with Gasteiger partial charge in [0.1, 0.15) is 0 Å². The van der Waals surface area contributed by atoms with E-state index in [2.05, 4.69) is 70.1 Å². The molecule has 2 aromatic carbocycles. The van der Waals surface area contributed by atoms with Gasteiger partial charge in [-0.3, -0.25) is 9.69 Å². The van der Waals surface area contributed by atoms with Crippen molar-refractivity contribution in [3.63, 3.8) is 0 Å². The number of aromatic nitrogens is 1. The molecule has 31 heavy (non-hydrogen) atoms. The zero-order valence-corrected chi connectivity index (χ0v) is 18.0. The fraction of sp³-hybridized carbons (Fsp3) is 0.423. The van der Waals surface area contributed by atoms with Crippen LogP contribution in [0.2, 0.25) is 0 Å². The molecule has 3 heterocycles. The van der Waals surface area contributed by atoms with Crippen molar-refractivity contribution >= 4 is 16.8 Å². The number of rotatable bonds is 4. The molecule has 1 atom stereocenters. The lowest BCUT2D eigenvalue weighted by Crippen LogP contribution is -2.47. The first kappa shape index (κ1) is 20.3. The minimum atomic E-state index is -0.244. The lowest BCUT2D eigenvalue weighted by molar-refractivity contribution is -0.139. The number of fused-ring (bicyclic) bond motifs is 1. The maximum Gasteiger partial charge on any atom is 0.226 e. The summed E-state index contributed by atoms with van der Waals surface area (Å²) in [5.74, 6) is 0.346. The van der Waals surface area contributed by atoms with E-state index in [4.69, 9.17) is 0 Å². The SMILES string of the molecule is O=C(C1CCCN(Cc2cc3ccccc3n2-c2ccccc2)C1)N1CCC(O)CC1. The summed E-state index contributed by atoms with van der Waals surface area (Å²) in [4.78, 5) is 17.5. The minimum Gasteiger partial charge on any atom is -0.393 e. The van der Waals surface area contributed by atoms with E-state index in [9.17, 15) is 9.90 Å². The summed E-state index contributed by atoms with van der Waals surface area (Å²) in [6, 6.07) is 21.4. The highest BCUT2D eigenvalue weighted by atomic mass is 16.3. The second-order valence-electron chi connectivity index (χ2n) is 9.00. The number of carbonyl (C=O) groups excluding carboxylic acids is 1. The van der Waals surface area contributed by atoms with Gasteiger partial charge in [-0.15, -0.1) is 0 Å². The standard InChI is InChI=1S/C26H31N3O2/c30-24-12-15-28(16-13-24)26(31)21-8-6-14-27(18-21)19-23-17-20-7-4-5-11-25(20)29(23)22-9-2-1-3-10-22/h1-5,7,9-11,17,21,24,30H,6,8,12-16,18-19H2. The van der Waals surface area contributed by atoms with Crippen LogP contribution >= 0.6 is 0 Å². The van der Waals surface area contributed by atoms with E-state index in [1.807, 2.05) is 4.90 Å². The Morgan fingerprint density at radius 2 is 1.68 bits per heavy atom. The van der Waals surface area contributed by atoms with E-state index in [-0.39, 0.29) is 17.9 Å². The predicted molar refractivity (Wildman–Crippen MR) is 123 cm³/mol. The second kappa shape index (κ2) is 8.85. The van der Waals surface area contributed by atoms with E-state index in [1.165, 1.54) is 22.3 Å². The smallest absolute Gasteiger partial charge is 0.226 e. The first-order valence-electron chi connectivity index (χ1n) is 11.5. The first-order valence-corrected chi connectivity index (χ1v) is 11.5. The molecule has 1 amide bonds. The number of nitrogens with zero attached hydrogens (tertiary/aromatic N) is 3. The van der Waals surface area contributed by atoms with Crippen LogP contribution in [0, 0.1) is 5.92 Å². The van der Waals surface area contributed by atoms with Crippen LogP contribution in [0.5, 0.6) is 0 Å². The van der Waals surface area contributed by atoms with E-state index in [0.717, 1.165) is 32.5 Å². The van der Waals surface area contributed by atoms with Crippen molar-refractivity contribution in [2.75, 3.05) is 26.2 Å². The quantitative estimate of drug-likeness (QED) is 0.702. The van der Waals surface area contributed by atoms with Crippen molar-refractivity contribution in [3.8, 4) is 5.69 Å². The van der Waals surface area contributed by atoms with Crippen molar-refractivity contribution in [1.29, 1.82) is 0 Å². The first-order chi connectivity index (χ1) is 15.2. The van der Waals surface area contributed by atoms with Crippen LogP contribution in [0.15, 0.2) is 60.7 Å². The number of aliphatic hydroxyl groups is 1. The highest BCUT2D eigenvalue weighted by Gasteiger charge is 2.31. The molecule has 3 aromatic rings. The molecule has 5 heteroatoms. The van der Waals surface area contributed by atoms with Crippen LogP contribution < -0.4 is 0 Å². The van der Waals surface area contributed by atoms with Gasteiger partial charge in [-0.1, -0.05) is 36.4 Å². The van der Waals surface area contributed by atoms with Gasteiger partial charge in [-0.25, -0.2) is 0 Å². The van der Waals surface area contributed by atoms with Gasteiger partial charge >= 0.3 is 0 Å². The Hall–Kier alpha value is -2.63. The maximum absolute atomic E-state index is 13.1. The highest BCUT2D eigenvalue weighted by Crippen LogP contribution is 2.28.